The molecule has 0 N–H and O–H groups in total. The number of nitrogens with zero attached hydrogens (tertiary/aromatic N) is 1. The van der Waals surface area contributed by atoms with Gasteiger partial charge >= 0.3 is 0 Å². The second kappa shape index (κ2) is 12.2. The number of rotatable bonds is 5. The third-order valence-electron chi connectivity index (χ3n) is 11.0. The molecule has 54 heavy (non-hydrogen) atoms. The Labute approximate surface area is 312 Å². The summed E-state index contributed by atoms with van der Waals surface area (Å²) in [5.74, 6) is 0. The Bertz CT molecular complexity index is 3200. The molecular weight excluding hydrogens is 655 g/mol. The molecule has 0 saturated heterocycles. The Morgan fingerprint density at radius 2 is 0.944 bits per heavy atom. The van der Waals surface area contributed by atoms with Gasteiger partial charge in [0.05, 0.1) is 5.69 Å². The number of para-hydroxylation sites is 1. The second-order valence-corrected chi connectivity index (χ2v) is 14.1. The summed E-state index contributed by atoms with van der Waals surface area (Å²) in [5, 5.41) is 12.2. The van der Waals surface area contributed by atoms with E-state index in [9.17, 15) is 0 Å². The van der Waals surface area contributed by atoms with E-state index in [1.165, 1.54) is 59.8 Å². The normalized spacial score (nSPS) is 11.7. The molecule has 0 aliphatic carbocycles. The first-order valence-corrected chi connectivity index (χ1v) is 18.5. The van der Waals surface area contributed by atoms with Gasteiger partial charge in [0.1, 0.15) is 5.58 Å². The molecule has 252 valence electrons. The highest BCUT2D eigenvalue weighted by molar-refractivity contribution is 6.25. The van der Waals surface area contributed by atoms with Crippen LogP contribution in [0.15, 0.2) is 205 Å². The molecule has 0 spiro atoms. The number of hydrogen-bond acceptors (Lipinski definition) is 2. The van der Waals surface area contributed by atoms with Crippen LogP contribution >= 0.6 is 0 Å². The van der Waals surface area contributed by atoms with Gasteiger partial charge in [0.15, 0.2) is 5.58 Å². The standard InChI is InChI=1S/C52H33NO/c1-2-13-34(14-3-1)37-18-12-19-41(31-37)53(48-33-39-17-6-9-22-44(39)51-46-23-10-11-24-49(46)54-52(48)51)40-28-25-36(26-29-40)47-32-38-16-5-8-21-43(38)50-42-20-7-4-15-35(42)27-30-45(47)50/h1-33H. The molecule has 1 heterocycles. The molecule has 11 rings (SSSR count). The lowest BCUT2D eigenvalue weighted by Gasteiger charge is -2.27. The zero-order valence-electron chi connectivity index (χ0n) is 29.4. The lowest BCUT2D eigenvalue weighted by Crippen LogP contribution is -2.10. The van der Waals surface area contributed by atoms with E-state index in [1.54, 1.807) is 0 Å². The molecule has 0 unspecified atom stereocenters. The van der Waals surface area contributed by atoms with Gasteiger partial charge in [-0.3, -0.25) is 0 Å². The molecular formula is C52H33NO. The van der Waals surface area contributed by atoms with Crippen molar-refractivity contribution in [2.75, 3.05) is 4.90 Å². The average molecular weight is 688 g/mol. The summed E-state index contributed by atoms with van der Waals surface area (Å²) in [6.07, 6.45) is 0. The summed E-state index contributed by atoms with van der Waals surface area (Å²) in [5.41, 5.74) is 9.61. The molecule has 0 fully saturated rings. The van der Waals surface area contributed by atoms with Crippen LogP contribution in [-0.2, 0) is 0 Å². The highest BCUT2D eigenvalue weighted by Crippen LogP contribution is 2.47. The molecule has 0 bridgehead atoms. The van der Waals surface area contributed by atoms with Gasteiger partial charge in [-0.1, -0.05) is 158 Å². The first kappa shape index (κ1) is 30.5. The number of hydrogen-bond donors (Lipinski definition) is 0. The molecule has 0 saturated carbocycles. The zero-order valence-corrected chi connectivity index (χ0v) is 29.4. The Balaban J connectivity index is 1.15. The van der Waals surface area contributed by atoms with E-state index in [1.807, 2.05) is 6.07 Å². The smallest absolute Gasteiger partial charge is 0.160 e. The van der Waals surface area contributed by atoms with Crippen LogP contribution in [0.1, 0.15) is 0 Å². The van der Waals surface area contributed by atoms with Crippen molar-refractivity contribution in [1.82, 2.24) is 0 Å². The zero-order chi connectivity index (χ0) is 35.6. The molecule has 11 aromatic rings. The Morgan fingerprint density at radius 3 is 1.72 bits per heavy atom. The Hall–Kier alpha value is -7.16. The summed E-state index contributed by atoms with van der Waals surface area (Å²) in [4.78, 5) is 2.36. The molecule has 0 amide bonds. The highest BCUT2D eigenvalue weighted by atomic mass is 16.3. The Morgan fingerprint density at radius 1 is 0.333 bits per heavy atom. The minimum absolute atomic E-state index is 0.872. The predicted octanol–water partition coefficient (Wildman–Crippen LogP) is 15.0. The lowest BCUT2D eigenvalue weighted by atomic mass is 9.90. The van der Waals surface area contributed by atoms with Crippen LogP contribution in [0.3, 0.4) is 0 Å². The molecule has 2 nitrogen and oxygen atoms in total. The van der Waals surface area contributed by atoms with Gasteiger partial charge in [0.2, 0.25) is 0 Å². The highest BCUT2D eigenvalue weighted by Gasteiger charge is 2.22. The third-order valence-corrected chi connectivity index (χ3v) is 11.0. The minimum atomic E-state index is 0.872. The van der Waals surface area contributed by atoms with Crippen molar-refractivity contribution in [2.45, 2.75) is 0 Å². The average Bonchev–Trinajstić information content (AvgIpc) is 3.64. The fraction of sp³-hybridized carbons (Fsp3) is 0. The Kier molecular flexibility index (Phi) is 6.90. The van der Waals surface area contributed by atoms with Crippen molar-refractivity contribution in [3.8, 4) is 22.3 Å². The van der Waals surface area contributed by atoms with Gasteiger partial charge in [-0.15, -0.1) is 0 Å². The van der Waals surface area contributed by atoms with Gasteiger partial charge in [-0.05, 0) is 108 Å². The van der Waals surface area contributed by atoms with E-state index >= 15 is 0 Å². The summed E-state index contributed by atoms with van der Waals surface area (Å²) >= 11 is 0. The topological polar surface area (TPSA) is 16.4 Å². The molecule has 0 aliphatic rings. The van der Waals surface area contributed by atoms with Gasteiger partial charge in [-0.25, -0.2) is 0 Å². The molecule has 1 aromatic heterocycles. The molecule has 0 aliphatic heterocycles. The van der Waals surface area contributed by atoms with Crippen LogP contribution < -0.4 is 4.90 Å². The van der Waals surface area contributed by atoms with E-state index in [2.05, 4.69) is 199 Å². The number of benzene rings is 10. The summed E-state index contributed by atoms with van der Waals surface area (Å²) in [6.45, 7) is 0. The maximum absolute atomic E-state index is 6.81. The van der Waals surface area contributed by atoms with Crippen molar-refractivity contribution >= 4 is 82.1 Å². The quantitative estimate of drug-likeness (QED) is 0.168. The van der Waals surface area contributed by atoms with Crippen LogP contribution in [-0.4, -0.2) is 0 Å². The number of anilines is 3. The SMILES string of the molecule is c1ccc(-c2cccc(N(c3ccc(-c4cc5ccccc5c5c4ccc4ccccc45)cc3)c3cc4ccccc4c4c3oc3ccccc34)c2)cc1. The number of furan rings is 1. The van der Waals surface area contributed by atoms with Crippen molar-refractivity contribution in [3.63, 3.8) is 0 Å². The van der Waals surface area contributed by atoms with Gasteiger partial charge in [0.25, 0.3) is 0 Å². The van der Waals surface area contributed by atoms with Gasteiger partial charge in [-0.2, -0.15) is 0 Å². The van der Waals surface area contributed by atoms with E-state index in [0.717, 1.165) is 44.6 Å². The van der Waals surface area contributed by atoms with E-state index in [4.69, 9.17) is 4.42 Å². The van der Waals surface area contributed by atoms with Crippen molar-refractivity contribution in [3.05, 3.63) is 200 Å². The molecule has 0 atom stereocenters. The minimum Gasteiger partial charge on any atom is -0.454 e. The maximum atomic E-state index is 6.81. The van der Waals surface area contributed by atoms with Crippen molar-refractivity contribution in [1.29, 1.82) is 0 Å². The van der Waals surface area contributed by atoms with Gasteiger partial charge in [0, 0.05) is 22.1 Å². The lowest BCUT2D eigenvalue weighted by molar-refractivity contribution is 0.669. The fourth-order valence-corrected chi connectivity index (χ4v) is 8.50. The van der Waals surface area contributed by atoms with Crippen molar-refractivity contribution in [2.24, 2.45) is 0 Å². The second-order valence-electron chi connectivity index (χ2n) is 14.1. The first-order valence-electron chi connectivity index (χ1n) is 18.5. The van der Waals surface area contributed by atoms with E-state index in [0.29, 0.717) is 0 Å². The molecule has 0 radical (unpaired) electrons. The van der Waals surface area contributed by atoms with E-state index < -0.39 is 0 Å². The van der Waals surface area contributed by atoms with E-state index in [-0.39, 0.29) is 0 Å². The monoisotopic (exact) mass is 687 g/mol. The van der Waals surface area contributed by atoms with Gasteiger partial charge < -0.3 is 9.32 Å². The van der Waals surface area contributed by atoms with Crippen LogP contribution in [0.5, 0.6) is 0 Å². The third kappa shape index (κ3) is 4.81. The molecule has 2 heteroatoms. The van der Waals surface area contributed by atoms with Crippen LogP contribution in [0.4, 0.5) is 17.1 Å². The predicted molar refractivity (Wildman–Crippen MR) is 229 cm³/mol. The van der Waals surface area contributed by atoms with Crippen molar-refractivity contribution < 1.29 is 4.42 Å². The summed E-state index contributed by atoms with van der Waals surface area (Å²) in [6, 6.07) is 72.2. The van der Waals surface area contributed by atoms with Crippen LogP contribution in [0.2, 0.25) is 0 Å². The van der Waals surface area contributed by atoms with Crippen LogP contribution in [0, 0.1) is 0 Å². The summed E-state index contributed by atoms with van der Waals surface area (Å²) < 4.78 is 6.81. The molecule has 10 aromatic carbocycles. The first-order chi connectivity index (χ1) is 26.8. The van der Waals surface area contributed by atoms with Crippen LogP contribution in [0.25, 0.3) is 87.3 Å². The summed E-state index contributed by atoms with van der Waals surface area (Å²) in [7, 11) is 0. The maximum Gasteiger partial charge on any atom is 0.160 e. The fourth-order valence-electron chi connectivity index (χ4n) is 8.50. The number of fused-ring (bicyclic) bond motifs is 10. The largest absolute Gasteiger partial charge is 0.454 e.